The highest BCUT2D eigenvalue weighted by Gasteiger charge is 2.10. The molecule has 0 aliphatic heterocycles. The molecule has 3 N–H and O–H groups in total. The first-order valence-corrected chi connectivity index (χ1v) is 3.94. The molecule has 0 bridgehead atoms. The summed E-state index contributed by atoms with van der Waals surface area (Å²) in [6, 6.07) is 3.37. The molecular weight excluding hydrogens is 204 g/mol. The van der Waals surface area contributed by atoms with Gasteiger partial charge in [0.1, 0.15) is 12.3 Å². The highest BCUT2D eigenvalue weighted by molar-refractivity contribution is 5.74. The number of carboxylic acids is 1. The second-order valence-corrected chi connectivity index (χ2v) is 2.71. The van der Waals surface area contributed by atoms with Crippen LogP contribution in [-0.2, 0) is 4.79 Å². The van der Waals surface area contributed by atoms with E-state index in [4.69, 9.17) is 5.11 Å². The SMILES string of the molecule is O=C(O)CNc1ccc([N+](=O)[O-])cc1O. The lowest BCUT2D eigenvalue weighted by molar-refractivity contribution is -0.384. The van der Waals surface area contributed by atoms with Crippen LogP contribution in [0, 0.1) is 10.1 Å². The fourth-order valence-corrected chi connectivity index (χ4v) is 0.954. The normalized spacial score (nSPS) is 9.60. The Morgan fingerprint density at radius 1 is 1.53 bits per heavy atom. The number of non-ortho nitro benzene ring substituents is 1. The first-order valence-electron chi connectivity index (χ1n) is 3.94. The van der Waals surface area contributed by atoms with E-state index in [-0.39, 0.29) is 23.7 Å². The molecule has 1 aromatic carbocycles. The summed E-state index contributed by atoms with van der Waals surface area (Å²) in [6.45, 7) is -0.370. The van der Waals surface area contributed by atoms with Gasteiger partial charge in [-0.1, -0.05) is 0 Å². The van der Waals surface area contributed by atoms with Gasteiger partial charge >= 0.3 is 5.97 Å². The van der Waals surface area contributed by atoms with Gasteiger partial charge in [-0.25, -0.2) is 0 Å². The predicted octanol–water partition coefficient (Wildman–Crippen LogP) is 0.797. The molecule has 0 atom stereocenters. The number of nitrogens with one attached hydrogen (secondary N) is 1. The average molecular weight is 212 g/mol. The van der Waals surface area contributed by atoms with Crippen molar-refractivity contribution in [3.05, 3.63) is 28.3 Å². The number of nitro groups is 1. The smallest absolute Gasteiger partial charge is 0.322 e. The van der Waals surface area contributed by atoms with Gasteiger partial charge in [0.05, 0.1) is 16.7 Å². The number of anilines is 1. The number of rotatable bonds is 4. The zero-order chi connectivity index (χ0) is 11.4. The lowest BCUT2D eigenvalue weighted by Crippen LogP contribution is -2.12. The van der Waals surface area contributed by atoms with Crippen molar-refractivity contribution in [3.8, 4) is 5.75 Å². The third kappa shape index (κ3) is 2.83. The van der Waals surface area contributed by atoms with Crippen LogP contribution in [0.2, 0.25) is 0 Å². The number of nitro benzene ring substituents is 1. The molecule has 0 heterocycles. The van der Waals surface area contributed by atoms with Crippen LogP contribution >= 0.6 is 0 Å². The molecule has 0 aliphatic carbocycles. The predicted molar refractivity (Wildman–Crippen MR) is 50.9 cm³/mol. The number of carboxylic acid groups (broad SMARTS) is 1. The van der Waals surface area contributed by atoms with E-state index in [1.807, 2.05) is 0 Å². The molecule has 7 nitrogen and oxygen atoms in total. The van der Waals surface area contributed by atoms with Crippen molar-refractivity contribution in [3.63, 3.8) is 0 Å². The van der Waals surface area contributed by atoms with E-state index in [1.54, 1.807) is 0 Å². The minimum atomic E-state index is -1.09. The van der Waals surface area contributed by atoms with Crippen LogP contribution in [0.5, 0.6) is 5.75 Å². The molecule has 0 saturated carbocycles. The molecule has 0 spiro atoms. The topological polar surface area (TPSA) is 113 Å². The van der Waals surface area contributed by atoms with Gasteiger partial charge in [0.15, 0.2) is 0 Å². The van der Waals surface area contributed by atoms with Gasteiger partial charge in [0.2, 0.25) is 0 Å². The molecule has 0 unspecified atom stereocenters. The van der Waals surface area contributed by atoms with E-state index in [2.05, 4.69) is 5.32 Å². The first kappa shape index (κ1) is 10.8. The molecule has 0 aromatic heterocycles. The Morgan fingerprint density at radius 3 is 2.67 bits per heavy atom. The van der Waals surface area contributed by atoms with Gasteiger partial charge in [0.25, 0.3) is 5.69 Å². The van der Waals surface area contributed by atoms with Crippen LogP contribution in [0.25, 0.3) is 0 Å². The Hall–Kier alpha value is -2.31. The summed E-state index contributed by atoms with van der Waals surface area (Å²) in [4.78, 5) is 19.9. The zero-order valence-electron chi connectivity index (χ0n) is 7.51. The molecule has 1 rings (SSSR count). The monoisotopic (exact) mass is 212 g/mol. The van der Waals surface area contributed by atoms with Gasteiger partial charge in [-0.2, -0.15) is 0 Å². The van der Waals surface area contributed by atoms with Crippen LogP contribution < -0.4 is 5.32 Å². The van der Waals surface area contributed by atoms with E-state index in [0.717, 1.165) is 6.07 Å². The molecule has 0 radical (unpaired) electrons. The van der Waals surface area contributed by atoms with Crippen molar-refractivity contribution in [1.82, 2.24) is 0 Å². The van der Waals surface area contributed by atoms with Crippen molar-refractivity contribution < 1.29 is 19.9 Å². The molecule has 0 fully saturated rings. The number of nitrogens with zero attached hydrogens (tertiary/aromatic N) is 1. The summed E-state index contributed by atoms with van der Waals surface area (Å²) in [5.74, 6) is -1.45. The highest BCUT2D eigenvalue weighted by Crippen LogP contribution is 2.27. The van der Waals surface area contributed by atoms with Crippen LogP contribution in [0.1, 0.15) is 0 Å². The molecule has 1 aromatic rings. The Kier molecular flexibility index (Phi) is 3.06. The number of benzene rings is 1. The molecule has 80 valence electrons. The summed E-state index contributed by atoms with van der Waals surface area (Å²) in [5.41, 5.74) is -0.114. The maximum atomic E-state index is 10.3. The number of carbonyl (C=O) groups is 1. The minimum absolute atomic E-state index is 0.142. The number of hydrogen-bond donors (Lipinski definition) is 3. The Morgan fingerprint density at radius 2 is 2.20 bits per heavy atom. The number of aromatic hydroxyl groups is 1. The van der Waals surface area contributed by atoms with E-state index in [9.17, 15) is 20.0 Å². The van der Waals surface area contributed by atoms with E-state index in [1.165, 1.54) is 12.1 Å². The summed E-state index contributed by atoms with van der Waals surface area (Å²) in [6.07, 6.45) is 0. The lowest BCUT2D eigenvalue weighted by Gasteiger charge is -2.04. The summed E-state index contributed by atoms with van der Waals surface area (Å²) in [7, 11) is 0. The van der Waals surface area contributed by atoms with Crippen molar-refractivity contribution in [2.24, 2.45) is 0 Å². The summed E-state index contributed by atoms with van der Waals surface area (Å²) in [5, 5.41) is 30.4. The summed E-state index contributed by atoms with van der Waals surface area (Å²) < 4.78 is 0. The van der Waals surface area contributed by atoms with Gasteiger partial charge in [-0.3, -0.25) is 14.9 Å². The Bertz CT molecular complexity index is 404. The second kappa shape index (κ2) is 4.27. The van der Waals surface area contributed by atoms with Crippen LogP contribution in [0.15, 0.2) is 18.2 Å². The molecule has 0 amide bonds. The lowest BCUT2D eigenvalue weighted by atomic mass is 10.2. The maximum Gasteiger partial charge on any atom is 0.322 e. The molecule has 0 aliphatic rings. The number of phenols is 1. The van der Waals surface area contributed by atoms with Crippen molar-refractivity contribution >= 4 is 17.3 Å². The van der Waals surface area contributed by atoms with E-state index >= 15 is 0 Å². The third-order valence-corrected chi connectivity index (χ3v) is 1.62. The Balaban J connectivity index is 2.83. The fourth-order valence-electron chi connectivity index (χ4n) is 0.954. The Labute approximate surface area is 84.1 Å². The van der Waals surface area contributed by atoms with Gasteiger partial charge in [0, 0.05) is 6.07 Å². The zero-order valence-corrected chi connectivity index (χ0v) is 7.51. The number of hydrogen-bond acceptors (Lipinski definition) is 5. The van der Waals surface area contributed by atoms with Crippen LogP contribution in [-0.4, -0.2) is 27.7 Å². The average Bonchev–Trinajstić information content (AvgIpc) is 2.15. The number of aliphatic carboxylic acids is 1. The second-order valence-electron chi connectivity index (χ2n) is 2.71. The molecular formula is C8H8N2O5. The van der Waals surface area contributed by atoms with Crippen molar-refractivity contribution in [2.75, 3.05) is 11.9 Å². The first-order chi connectivity index (χ1) is 7.00. The third-order valence-electron chi connectivity index (χ3n) is 1.62. The van der Waals surface area contributed by atoms with Crippen LogP contribution in [0.3, 0.4) is 0 Å². The van der Waals surface area contributed by atoms with Crippen LogP contribution in [0.4, 0.5) is 11.4 Å². The van der Waals surface area contributed by atoms with Gasteiger partial charge in [-0.15, -0.1) is 0 Å². The molecule has 7 heteroatoms. The van der Waals surface area contributed by atoms with Crippen molar-refractivity contribution in [2.45, 2.75) is 0 Å². The minimum Gasteiger partial charge on any atom is -0.506 e. The maximum absolute atomic E-state index is 10.3. The number of phenolic OH excluding ortho intramolecular Hbond substituents is 1. The largest absolute Gasteiger partial charge is 0.506 e. The van der Waals surface area contributed by atoms with Crippen molar-refractivity contribution in [1.29, 1.82) is 0 Å². The van der Waals surface area contributed by atoms with E-state index < -0.39 is 10.9 Å². The standard InChI is InChI=1S/C8H8N2O5/c11-7-3-5(10(14)15)1-2-6(7)9-4-8(12)13/h1-3,9,11H,4H2,(H,12,13). The molecule has 0 saturated heterocycles. The highest BCUT2D eigenvalue weighted by atomic mass is 16.6. The fraction of sp³-hybridized carbons (Fsp3) is 0.125. The van der Waals surface area contributed by atoms with Gasteiger partial charge < -0.3 is 15.5 Å². The summed E-state index contributed by atoms with van der Waals surface area (Å²) >= 11 is 0. The molecule has 15 heavy (non-hydrogen) atoms. The van der Waals surface area contributed by atoms with E-state index in [0.29, 0.717) is 0 Å². The van der Waals surface area contributed by atoms with Gasteiger partial charge in [-0.05, 0) is 6.07 Å². The quantitative estimate of drug-likeness (QED) is 0.386.